The maximum absolute atomic E-state index is 12.2. The van der Waals surface area contributed by atoms with E-state index in [1.807, 2.05) is 0 Å². The minimum absolute atomic E-state index is 0.0439. The van der Waals surface area contributed by atoms with Gasteiger partial charge in [0, 0.05) is 11.8 Å². The number of halogens is 1. The Bertz CT molecular complexity index is 1050. The minimum Gasteiger partial charge on any atom is -0.403 e. The molecule has 3 rings (SSSR count). The topological polar surface area (TPSA) is 102 Å². The molecule has 0 aliphatic heterocycles. The summed E-state index contributed by atoms with van der Waals surface area (Å²) < 4.78 is 28.5. The van der Waals surface area contributed by atoms with Crippen LogP contribution in [0.3, 0.4) is 0 Å². The zero-order valence-electron chi connectivity index (χ0n) is 12.9. The molecule has 25 heavy (non-hydrogen) atoms. The van der Waals surface area contributed by atoms with Crippen LogP contribution in [0.5, 0.6) is 0 Å². The molecule has 1 aromatic heterocycles. The molecule has 128 valence electrons. The molecule has 0 bridgehead atoms. The second-order valence-electron chi connectivity index (χ2n) is 5.15. The van der Waals surface area contributed by atoms with Crippen molar-refractivity contribution in [3.05, 3.63) is 59.1 Å². The predicted octanol–water partition coefficient (Wildman–Crippen LogP) is 3.05. The molecule has 0 fully saturated rings. The van der Waals surface area contributed by atoms with E-state index in [4.69, 9.17) is 16.0 Å². The smallest absolute Gasteiger partial charge is 0.322 e. The lowest BCUT2D eigenvalue weighted by molar-refractivity contribution is 0.102. The molecular weight excluding hydrogens is 366 g/mol. The first-order valence-electron chi connectivity index (χ1n) is 7.04. The highest BCUT2D eigenvalue weighted by Crippen LogP contribution is 2.27. The molecule has 7 nitrogen and oxygen atoms in total. The Hall–Kier alpha value is -2.71. The van der Waals surface area contributed by atoms with Crippen molar-refractivity contribution >= 4 is 33.4 Å². The highest BCUT2D eigenvalue weighted by atomic mass is 35.5. The van der Waals surface area contributed by atoms with Crippen molar-refractivity contribution in [1.82, 2.24) is 10.2 Å². The average Bonchev–Trinajstić information content (AvgIpc) is 3.03. The molecule has 2 aromatic carbocycles. The van der Waals surface area contributed by atoms with Crippen LogP contribution in [0, 0.1) is 0 Å². The van der Waals surface area contributed by atoms with Crippen molar-refractivity contribution in [1.29, 1.82) is 0 Å². The highest BCUT2D eigenvalue weighted by molar-refractivity contribution is 7.90. The Labute approximate surface area is 148 Å². The number of hydrogen-bond donors (Lipinski definition) is 1. The van der Waals surface area contributed by atoms with Crippen LogP contribution in [0.4, 0.5) is 6.01 Å². The van der Waals surface area contributed by atoms with Gasteiger partial charge in [0.05, 0.1) is 15.5 Å². The van der Waals surface area contributed by atoms with Gasteiger partial charge in [-0.1, -0.05) is 34.9 Å². The average molecular weight is 378 g/mol. The number of benzene rings is 2. The third-order valence-corrected chi connectivity index (χ3v) is 4.71. The third-order valence-electron chi connectivity index (χ3n) is 3.27. The lowest BCUT2D eigenvalue weighted by atomic mass is 10.2. The van der Waals surface area contributed by atoms with E-state index in [9.17, 15) is 13.2 Å². The van der Waals surface area contributed by atoms with Crippen LogP contribution in [0.15, 0.2) is 57.8 Å². The quantitative estimate of drug-likeness (QED) is 0.749. The molecule has 0 unspecified atom stereocenters. The van der Waals surface area contributed by atoms with E-state index in [1.165, 1.54) is 24.3 Å². The van der Waals surface area contributed by atoms with Crippen molar-refractivity contribution < 1.29 is 17.6 Å². The molecule has 0 saturated heterocycles. The van der Waals surface area contributed by atoms with Gasteiger partial charge in [-0.05, 0) is 30.3 Å². The number of carbonyl (C=O) groups excluding carboxylic acids is 1. The van der Waals surface area contributed by atoms with Gasteiger partial charge in [0.2, 0.25) is 0 Å². The molecule has 0 saturated carbocycles. The number of rotatable bonds is 4. The van der Waals surface area contributed by atoms with Crippen molar-refractivity contribution in [2.24, 2.45) is 0 Å². The molecule has 0 spiro atoms. The van der Waals surface area contributed by atoms with E-state index in [-0.39, 0.29) is 22.4 Å². The fourth-order valence-electron chi connectivity index (χ4n) is 2.05. The van der Waals surface area contributed by atoms with Gasteiger partial charge in [0.25, 0.3) is 11.8 Å². The van der Waals surface area contributed by atoms with Gasteiger partial charge in [0.1, 0.15) is 0 Å². The predicted molar refractivity (Wildman–Crippen MR) is 92.2 cm³/mol. The maximum atomic E-state index is 12.2. The second kappa shape index (κ2) is 6.66. The Morgan fingerprint density at radius 1 is 1.12 bits per heavy atom. The first-order chi connectivity index (χ1) is 11.8. The summed E-state index contributed by atoms with van der Waals surface area (Å²) in [5.74, 6) is -0.411. The van der Waals surface area contributed by atoms with Crippen LogP contribution >= 0.6 is 11.6 Å². The van der Waals surface area contributed by atoms with Gasteiger partial charge in [-0.25, -0.2) is 8.42 Å². The second-order valence-corrected chi connectivity index (χ2v) is 7.57. The number of hydrogen-bond acceptors (Lipinski definition) is 6. The first kappa shape index (κ1) is 17.1. The van der Waals surface area contributed by atoms with E-state index in [0.29, 0.717) is 10.6 Å². The standard InChI is InChI=1S/C16H12ClN3O4S/c1-25(22,23)11-6-4-5-10(9-11)14(21)18-16-20-19-15(24-16)12-7-2-3-8-13(12)17/h2-9H,1H3,(H,18,20,21). The van der Waals surface area contributed by atoms with Crippen LogP contribution in [0.25, 0.3) is 11.5 Å². The summed E-state index contributed by atoms with van der Waals surface area (Å²) in [6.07, 6.45) is 1.07. The number of amides is 1. The minimum atomic E-state index is -3.41. The Morgan fingerprint density at radius 3 is 2.60 bits per heavy atom. The number of sulfone groups is 1. The Morgan fingerprint density at radius 2 is 1.88 bits per heavy atom. The summed E-state index contributed by atoms with van der Waals surface area (Å²) in [6, 6.07) is 12.4. The van der Waals surface area contributed by atoms with E-state index >= 15 is 0 Å². The van der Waals surface area contributed by atoms with E-state index in [1.54, 1.807) is 24.3 Å². The van der Waals surface area contributed by atoms with Crippen LogP contribution < -0.4 is 5.32 Å². The SMILES string of the molecule is CS(=O)(=O)c1cccc(C(=O)Nc2nnc(-c3ccccc3Cl)o2)c1. The van der Waals surface area contributed by atoms with E-state index in [2.05, 4.69) is 15.5 Å². The number of aromatic nitrogens is 2. The summed E-state index contributed by atoms with van der Waals surface area (Å²) in [5.41, 5.74) is 0.691. The molecule has 0 radical (unpaired) electrons. The third kappa shape index (κ3) is 3.86. The number of anilines is 1. The highest BCUT2D eigenvalue weighted by Gasteiger charge is 2.16. The Balaban J connectivity index is 1.82. The summed E-state index contributed by atoms with van der Waals surface area (Å²) in [4.78, 5) is 12.3. The van der Waals surface area contributed by atoms with E-state index < -0.39 is 15.7 Å². The maximum Gasteiger partial charge on any atom is 0.322 e. The molecule has 0 aliphatic carbocycles. The van der Waals surface area contributed by atoms with Gasteiger partial charge in [-0.3, -0.25) is 10.1 Å². The van der Waals surface area contributed by atoms with Crippen LogP contribution in [0.1, 0.15) is 10.4 Å². The molecule has 0 aliphatic rings. The number of nitrogens with zero attached hydrogens (tertiary/aromatic N) is 2. The first-order valence-corrected chi connectivity index (χ1v) is 9.31. The van der Waals surface area contributed by atoms with Crippen LogP contribution in [0.2, 0.25) is 5.02 Å². The fraction of sp³-hybridized carbons (Fsp3) is 0.0625. The van der Waals surface area contributed by atoms with Crippen LogP contribution in [-0.4, -0.2) is 30.8 Å². The molecule has 1 N–H and O–H groups in total. The molecule has 0 atom stereocenters. The summed E-state index contributed by atoms with van der Waals surface area (Å²) in [7, 11) is -3.41. The van der Waals surface area contributed by atoms with Gasteiger partial charge in [-0.2, -0.15) is 0 Å². The van der Waals surface area contributed by atoms with Crippen molar-refractivity contribution in [2.75, 3.05) is 11.6 Å². The Kier molecular flexibility index (Phi) is 4.56. The van der Waals surface area contributed by atoms with Gasteiger partial charge < -0.3 is 4.42 Å². The van der Waals surface area contributed by atoms with Gasteiger partial charge >= 0.3 is 6.01 Å². The summed E-state index contributed by atoms with van der Waals surface area (Å²) >= 11 is 6.06. The normalized spacial score (nSPS) is 11.3. The van der Waals surface area contributed by atoms with Crippen molar-refractivity contribution in [3.8, 4) is 11.5 Å². The number of nitrogens with one attached hydrogen (secondary N) is 1. The van der Waals surface area contributed by atoms with Crippen LogP contribution in [-0.2, 0) is 9.84 Å². The van der Waals surface area contributed by atoms with Crippen molar-refractivity contribution in [2.45, 2.75) is 4.90 Å². The zero-order chi connectivity index (χ0) is 18.0. The molecule has 3 aromatic rings. The lowest BCUT2D eigenvalue weighted by Gasteiger charge is -2.03. The van der Waals surface area contributed by atoms with Gasteiger partial charge in [0.15, 0.2) is 9.84 Å². The monoisotopic (exact) mass is 377 g/mol. The molecule has 1 amide bonds. The summed E-state index contributed by atoms with van der Waals surface area (Å²) in [6.45, 7) is 0. The summed E-state index contributed by atoms with van der Waals surface area (Å²) in [5, 5.41) is 10.4. The van der Waals surface area contributed by atoms with E-state index in [0.717, 1.165) is 6.26 Å². The largest absolute Gasteiger partial charge is 0.403 e. The zero-order valence-corrected chi connectivity index (χ0v) is 14.5. The van der Waals surface area contributed by atoms with Gasteiger partial charge in [-0.15, -0.1) is 5.10 Å². The fourth-order valence-corrected chi connectivity index (χ4v) is 2.94. The van der Waals surface area contributed by atoms with Crippen molar-refractivity contribution in [3.63, 3.8) is 0 Å². The molecule has 1 heterocycles. The molecule has 9 heteroatoms. The molecular formula is C16H12ClN3O4S. The lowest BCUT2D eigenvalue weighted by Crippen LogP contribution is -2.13. The number of carbonyl (C=O) groups is 1.